The Hall–Kier alpha value is -3.32. The molecule has 0 aliphatic rings. The third-order valence-corrected chi connectivity index (χ3v) is 4.83. The maximum Gasteiger partial charge on any atom is 0.355 e. The van der Waals surface area contributed by atoms with Gasteiger partial charge in [0, 0.05) is 18.8 Å². The molecule has 0 saturated heterocycles. The molecule has 3 aromatic rings. The van der Waals surface area contributed by atoms with Crippen molar-refractivity contribution < 1.29 is 9.53 Å². The first-order chi connectivity index (χ1) is 13.5. The van der Waals surface area contributed by atoms with Gasteiger partial charge in [-0.05, 0) is 35.1 Å². The molecule has 142 valence electrons. The number of aromatic nitrogens is 1. The molecular formula is C24H24N2O2. The van der Waals surface area contributed by atoms with Gasteiger partial charge in [-0.25, -0.2) is 4.79 Å². The van der Waals surface area contributed by atoms with E-state index in [1.165, 1.54) is 5.56 Å². The molecule has 0 amide bonds. The van der Waals surface area contributed by atoms with Crippen LogP contribution in [0.2, 0.25) is 0 Å². The first-order valence-corrected chi connectivity index (χ1v) is 9.43. The van der Waals surface area contributed by atoms with Crippen molar-refractivity contribution in [3.05, 3.63) is 71.5 Å². The van der Waals surface area contributed by atoms with Crippen LogP contribution in [0, 0.1) is 11.3 Å². The maximum absolute atomic E-state index is 12.4. The molecule has 0 fully saturated rings. The SMILES string of the molecule is CCOC(=O)c1c(-c2ccc(-c3cccc(C(C)C)c3)cc2)c(C#N)cn1C. The summed E-state index contributed by atoms with van der Waals surface area (Å²) < 4.78 is 6.85. The van der Waals surface area contributed by atoms with Crippen molar-refractivity contribution in [3.63, 3.8) is 0 Å². The van der Waals surface area contributed by atoms with Gasteiger partial charge in [0.15, 0.2) is 0 Å². The molecule has 0 spiro atoms. The van der Waals surface area contributed by atoms with Crippen molar-refractivity contribution in [2.24, 2.45) is 7.05 Å². The van der Waals surface area contributed by atoms with Gasteiger partial charge in [0.2, 0.25) is 0 Å². The van der Waals surface area contributed by atoms with Crippen LogP contribution in [0.1, 0.15) is 48.3 Å². The monoisotopic (exact) mass is 372 g/mol. The highest BCUT2D eigenvalue weighted by molar-refractivity contribution is 5.98. The van der Waals surface area contributed by atoms with Crippen LogP contribution < -0.4 is 0 Å². The lowest BCUT2D eigenvalue weighted by molar-refractivity contribution is 0.0516. The number of esters is 1. The largest absolute Gasteiger partial charge is 0.461 e. The number of rotatable bonds is 5. The first-order valence-electron chi connectivity index (χ1n) is 9.43. The lowest BCUT2D eigenvalue weighted by atomic mass is 9.95. The molecule has 0 unspecified atom stereocenters. The zero-order valence-corrected chi connectivity index (χ0v) is 16.7. The van der Waals surface area contributed by atoms with Gasteiger partial charge in [-0.3, -0.25) is 0 Å². The summed E-state index contributed by atoms with van der Waals surface area (Å²) in [6.45, 7) is 6.41. The predicted molar refractivity (Wildman–Crippen MR) is 111 cm³/mol. The minimum Gasteiger partial charge on any atom is -0.461 e. The van der Waals surface area contributed by atoms with Crippen molar-refractivity contribution in [1.29, 1.82) is 5.26 Å². The normalized spacial score (nSPS) is 10.7. The molecule has 0 radical (unpaired) electrons. The van der Waals surface area contributed by atoms with Crippen LogP contribution in [0.15, 0.2) is 54.7 Å². The van der Waals surface area contributed by atoms with E-state index in [1.807, 2.05) is 24.3 Å². The fraction of sp³-hybridized carbons (Fsp3) is 0.250. The Morgan fingerprint density at radius 3 is 2.39 bits per heavy atom. The molecule has 0 atom stereocenters. The highest BCUT2D eigenvalue weighted by Gasteiger charge is 2.22. The van der Waals surface area contributed by atoms with Gasteiger partial charge in [-0.15, -0.1) is 0 Å². The molecule has 4 nitrogen and oxygen atoms in total. The van der Waals surface area contributed by atoms with E-state index in [1.54, 1.807) is 24.7 Å². The quantitative estimate of drug-likeness (QED) is 0.553. The summed E-state index contributed by atoms with van der Waals surface area (Å²) in [6.07, 6.45) is 1.67. The van der Waals surface area contributed by atoms with E-state index in [9.17, 15) is 10.1 Å². The minimum atomic E-state index is -0.421. The summed E-state index contributed by atoms with van der Waals surface area (Å²) in [6, 6.07) is 18.7. The Bertz CT molecular complexity index is 1040. The molecule has 0 saturated carbocycles. The Kier molecular flexibility index (Phi) is 5.65. The topological polar surface area (TPSA) is 55.0 Å². The molecule has 1 aromatic heterocycles. The zero-order chi connectivity index (χ0) is 20.3. The average molecular weight is 372 g/mol. The van der Waals surface area contributed by atoms with Crippen molar-refractivity contribution in [2.45, 2.75) is 26.7 Å². The van der Waals surface area contributed by atoms with E-state index in [0.717, 1.165) is 16.7 Å². The van der Waals surface area contributed by atoms with Gasteiger partial charge in [0.05, 0.1) is 12.2 Å². The standard InChI is InChI=1S/C24H24N2O2/c1-5-28-24(27)23-22(21(14-25)15-26(23)4)18-11-9-17(10-12-18)20-8-6-7-19(13-20)16(2)3/h6-13,15-16H,5H2,1-4H3. The molecule has 1 heterocycles. The average Bonchev–Trinajstić information content (AvgIpc) is 3.04. The van der Waals surface area contributed by atoms with E-state index >= 15 is 0 Å². The van der Waals surface area contributed by atoms with E-state index < -0.39 is 5.97 Å². The second-order valence-corrected chi connectivity index (χ2v) is 7.07. The Morgan fingerprint density at radius 2 is 1.79 bits per heavy atom. The van der Waals surface area contributed by atoms with E-state index in [-0.39, 0.29) is 6.61 Å². The summed E-state index contributed by atoms with van der Waals surface area (Å²) in [5.41, 5.74) is 5.83. The van der Waals surface area contributed by atoms with E-state index in [2.05, 4.69) is 44.2 Å². The first kappa shape index (κ1) is 19.4. The Labute approximate surface area is 166 Å². The molecular weight excluding hydrogens is 348 g/mol. The number of aryl methyl sites for hydroxylation is 1. The van der Waals surface area contributed by atoms with E-state index in [4.69, 9.17) is 4.74 Å². The number of hydrogen-bond donors (Lipinski definition) is 0. The van der Waals surface area contributed by atoms with Crippen molar-refractivity contribution in [3.8, 4) is 28.3 Å². The summed E-state index contributed by atoms with van der Waals surface area (Å²) in [5, 5.41) is 9.53. The van der Waals surface area contributed by atoms with Crippen molar-refractivity contribution in [1.82, 2.24) is 4.57 Å². The third kappa shape index (κ3) is 3.70. The molecule has 2 aromatic carbocycles. The number of ether oxygens (including phenoxy) is 1. The van der Waals surface area contributed by atoms with Crippen LogP contribution in [0.25, 0.3) is 22.3 Å². The maximum atomic E-state index is 12.4. The highest BCUT2D eigenvalue weighted by atomic mass is 16.5. The summed E-state index contributed by atoms with van der Waals surface area (Å²) in [4.78, 5) is 12.4. The number of benzene rings is 2. The molecule has 28 heavy (non-hydrogen) atoms. The van der Waals surface area contributed by atoms with Gasteiger partial charge in [0.1, 0.15) is 11.8 Å². The van der Waals surface area contributed by atoms with E-state index in [0.29, 0.717) is 22.7 Å². The fourth-order valence-electron chi connectivity index (χ4n) is 3.36. The third-order valence-electron chi connectivity index (χ3n) is 4.83. The number of nitriles is 1. The van der Waals surface area contributed by atoms with Crippen LogP contribution in [-0.4, -0.2) is 17.1 Å². The van der Waals surface area contributed by atoms with Crippen LogP contribution in [-0.2, 0) is 11.8 Å². The van der Waals surface area contributed by atoms with Gasteiger partial charge in [-0.2, -0.15) is 5.26 Å². The lowest BCUT2D eigenvalue weighted by Crippen LogP contribution is -2.10. The van der Waals surface area contributed by atoms with Crippen LogP contribution in [0.4, 0.5) is 0 Å². The lowest BCUT2D eigenvalue weighted by Gasteiger charge is -2.10. The molecule has 0 N–H and O–H groups in total. The molecule has 4 heteroatoms. The van der Waals surface area contributed by atoms with Gasteiger partial charge >= 0.3 is 5.97 Å². The molecule has 0 aliphatic heterocycles. The summed E-state index contributed by atoms with van der Waals surface area (Å²) >= 11 is 0. The van der Waals surface area contributed by atoms with Crippen LogP contribution in [0.5, 0.6) is 0 Å². The molecule has 0 bridgehead atoms. The Balaban J connectivity index is 2.04. The van der Waals surface area contributed by atoms with Crippen LogP contribution in [0.3, 0.4) is 0 Å². The second kappa shape index (κ2) is 8.14. The number of nitrogens with zero attached hydrogens (tertiary/aromatic N) is 2. The van der Waals surface area contributed by atoms with Gasteiger partial charge in [0.25, 0.3) is 0 Å². The Morgan fingerprint density at radius 1 is 1.11 bits per heavy atom. The minimum absolute atomic E-state index is 0.288. The van der Waals surface area contributed by atoms with Gasteiger partial charge < -0.3 is 9.30 Å². The molecule has 3 rings (SSSR count). The fourth-order valence-corrected chi connectivity index (χ4v) is 3.36. The van der Waals surface area contributed by atoms with Crippen molar-refractivity contribution in [2.75, 3.05) is 6.61 Å². The number of hydrogen-bond acceptors (Lipinski definition) is 3. The van der Waals surface area contributed by atoms with Crippen molar-refractivity contribution >= 4 is 5.97 Å². The number of carbonyl (C=O) groups excluding carboxylic acids is 1. The summed E-state index contributed by atoms with van der Waals surface area (Å²) in [7, 11) is 1.75. The van der Waals surface area contributed by atoms with Crippen LogP contribution >= 0.6 is 0 Å². The highest BCUT2D eigenvalue weighted by Crippen LogP contribution is 2.32. The smallest absolute Gasteiger partial charge is 0.355 e. The zero-order valence-electron chi connectivity index (χ0n) is 16.7. The summed E-state index contributed by atoms with van der Waals surface area (Å²) in [5.74, 6) is 0.0454. The second-order valence-electron chi connectivity index (χ2n) is 7.07. The predicted octanol–water partition coefficient (Wildman–Crippen LogP) is 5.53. The molecule has 0 aliphatic carbocycles. The number of carbonyl (C=O) groups is 1. The van der Waals surface area contributed by atoms with Gasteiger partial charge in [-0.1, -0.05) is 62.4 Å².